The molecule has 0 spiro atoms. The summed E-state index contributed by atoms with van der Waals surface area (Å²) in [4.78, 5) is 15.2. The van der Waals surface area contributed by atoms with Gasteiger partial charge in [-0.05, 0) is 24.3 Å². The van der Waals surface area contributed by atoms with E-state index in [0.717, 1.165) is 30.6 Å². The van der Waals surface area contributed by atoms with E-state index in [4.69, 9.17) is 5.73 Å². The van der Waals surface area contributed by atoms with Crippen LogP contribution < -0.4 is 5.73 Å². The van der Waals surface area contributed by atoms with Gasteiger partial charge in [-0.2, -0.15) is 0 Å². The van der Waals surface area contributed by atoms with Crippen molar-refractivity contribution in [1.29, 1.82) is 0 Å². The van der Waals surface area contributed by atoms with Crippen molar-refractivity contribution in [2.75, 3.05) is 13.2 Å². The van der Waals surface area contributed by atoms with Gasteiger partial charge in [0.15, 0.2) is 0 Å². The van der Waals surface area contributed by atoms with Gasteiger partial charge in [-0.25, -0.2) is 0 Å². The molecule has 0 radical (unpaired) electrons. The van der Waals surface area contributed by atoms with Crippen LogP contribution in [-0.2, 0) is 4.79 Å². The Morgan fingerprint density at radius 3 is 2.79 bits per heavy atom. The Morgan fingerprint density at radius 1 is 1.47 bits per heavy atom. The number of carbonyl (C=O) groups excluding carboxylic acids is 1. The largest absolute Gasteiger partial charge is 0.395 e. The zero-order chi connectivity index (χ0) is 13.7. The van der Waals surface area contributed by atoms with Gasteiger partial charge in [-0.15, -0.1) is 11.3 Å². The van der Waals surface area contributed by atoms with Gasteiger partial charge in [-0.3, -0.25) is 4.79 Å². The molecule has 106 valence electrons. The van der Waals surface area contributed by atoms with E-state index in [0.29, 0.717) is 6.54 Å². The van der Waals surface area contributed by atoms with Crippen LogP contribution in [0, 0.1) is 0 Å². The number of nitrogens with two attached hydrogens (primary N) is 1. The number of aliphatic hydroxyl groups is 1. The first-order valence-corrected chi connectivity index (χ1v) is 7.82. The fourth-order valence-corrected chi connectivity index (χ4v) is 3.46. The molecular weight excluding hydrogens is 260 g/mol. The molecule has 0 saturated heterocycles. The van der Waals surface area contributed by atoms with Crippen molar-refractivity contribution in [3.8, 4) is 0 Å². The van der Waals surface area contributed by atoms with Crippen molar-refractivity contribution in [3.63, 3.8) is 0 Å². The minimum Gasteiger partial charge on any atom is -0.395 e. The first-order chi connectivity index (χ1) is 9.24. The third-order valence-electron chi connectivity index (χ3n) is 3.76. The summed E-state index contributed by atoms with van der Waals surface area (Å²) >= 11 is 1.51. The molecule has 0 aliphatic heterocycles. The van der Waals surface area contributed by atoms with E-state index in [1.54, 1.807) is 4.90 Å². The number of hydrogen-bond acceptors (Lipinski definition) is 4. The van der Waals surface area contributed by atoms with E-state index in [2.05, 4.69) is 0 Å². The molecule has 2 rings (SSSR count). The molecule has 1 amide bonds. The van der Waals surface area contributed by atoms with E-state index in [1.807, 2.05) is 17.5 Å². The molecule has 5 heteroatoms. The normalized spacial score (nSPS) is 18.2. The summed E-state index contributed by atoms with van der Waals surface area (Å²) in [6.45, 7) is 0.391. The SMILES string of the molecule is NC(C(=O)N(CCO)C1CCCCC1)c1cccs1. The number of rotatable bonds is 5. The molecule has 1 fully saturated rings. The molecule has 19 heavy (non-hydrogen) atoms. The third kappa shape index (κ3) is 3.55. The average Bonchev–Trinajstić information content (AvgIpc) is 2.98. The highest BCUT2D eigenvalue weighted by molar-refractivity contribution is 7.10. The van der Waals surface area contributed by atoms with Crippen LogP contribution in [0.25, 0.3) is 0 Å². The van der Waals surface area contributed by atoms with Gasteiger partial charge in [0.05, 0.1) is 6.61 Å². The summed E-state index contributed by atoms with van der Waals surface area (Å²) in [5, 5.41) is 11.1. The highest BCUT2D eigenvalue weighted by Crippen LogP contribution is 2.26. The molecule has 1 aliphatic rings. The average molecular weight is 282 g/mol. The molecule has 1 aromatic rings. The second kappa shape index (κ2) is 7.03. The van der Waals surface area contributed by atoms with Crippen LogP contribution in [0.3, 0.4) is 0 Å². The molecule has 1 saturated carbocycles. The molecule has 1 atom stereocenters. The summed E-state index contributed by atoms with van der Waals surface area (Å²) < 4.78 is 0. The van der Waals surface area contributed by atoms with Crippen molar-refractivity contribution in [2.24, 2.45) is 5.73 Å². The Kier molecular flexibility index (Phi) is 5.36. The zero-order valence-corrected chi connectivity index (χ0v) is 11.9. The summed E-state index contributed by atoms with van der Waals surface area (Å²) in [6.07, 6.45) is 5.63. The van der Waals surface area contributed by atoms with E-state index >= 15 is 0 Å². The Balaban J connectivity index is 2.06. The van der Waals surface area contributed by atoms with Crippen LogP contribution >= 0.6 is 11.3 Å². The quantitative estimate of drug-likeness (QED) is 0.867. The lowest BCUT2D eigenvalue weighted by Crippen LogP contribution is -2.46. The van der Waals surface area contributed by atoms with Crippen molar-refractivity contribution in [2.45, 2.75) is 44.2 Å². The van der Waals surface area contributed by atoms with Gasteiger partial charge >= 0.3 is 0 Å². The molecular formula is C14H22N2O2S. The fraction of sp³-hybridized carbons (Fsp3) is 0.643. The summed E-state index contributed by atoms with van der Waals surface area (Å²) in [5.41, 5.74) is 6.06. The molecule has 3 N–H and O–H groups in total. The molecule has 1 aromatic heterocycles. The predicted molar refractivity (Wildman–Crippen MR) is 76.9 cm³/mol. The van der Waals surface area contributed by atoms with E-state index < -0.39 is 6.04 Å². The molecule has 4 nitrogen and oxygen atoms in total. The Labute approximate surface area is 118 Å². The number of aliphatic hydroxyl groups excluding tert-OH is 1. The summed E-state index contributed by atoms with van der Waals surface area (Å²) in [6, 6.07) is 3.46. The lowest BCUT2D eigenvalue weighted by atomic mass is 9.93. The standard InChI is InChI=1S/C14H22N2O2S/c15-13(12-7-4-10-19-12)14(18)16(8-9-17)11-5-2-1-3-6-11/h4,7,10-11,13,17H,1-3,5-6,8-9,15H2. The Bertz CT molecular complexity index is 388. The van der Waals surface area contributed by atoms with Crippen molar-refractivity contribution in [3.05, 3.63) is 22.4 Å². The Hall–Kier alpha value is -0.910. The summed E-state index contributed by atoms with van der Waals surface area (Å²) in [5.74, 6) is -0.0524. The second-order valence-corrected chi connectivity index (χ2v) is 6.02. The number of carbonyl (C=O) groups is 1. The predicted octanol–water partition coefficient (Wildman–Crippen LogP) is 1.90. The van der Waals surface area contributed by atoms with Crippen LogP contribution in [0.5, 0.6) is 0 Å². The summed E-state index contributed by atoms with van der Waals surface area (Å²) in [7, 11) is 0. The van der Waals surface area contributed by atoms with Crippen LogP contribution in [0.1, 0.15) is 43.0 Å². The maximum absolute atomic E-state index is 12.5. The van der Waals surface area contributed by atoms with Gasteiger partial charge < -0.3 is 15.7 Å². The van der Waals surface area contributed by atoms with Gasteiger partial charge in [0.25, 0.3) is 0 Å². The van der Waals surface area contributed by atoms with Crippen LogP contribution in [-0.4, -0.2) is 35.1 Å². The minimum atomic E-state index is -0.589. The van der Waals surface area contributed by atoms with Crippen molar-refractivity contribution < 1.29 is 9.90 Å². The van der Waals surface area contributed by atoms with Crippen LogP contribution in [0.2, 0.25) is 0 Å². The molecule has 0 aromatic carbocycles. The lowest BCUT2D eigenvalue weighted by Gasteiger charge is -2.35. The smallest absolute Gasteiger partial charge is 0.245 e. The number of amides is 1. The first kappa shape index (κ1) is 14.5. The topological polar surface area (TPSA) is 66.6 Å². The lowest BCUT2D eigenvalue weighted by molar-refractivity contribution is -0.136. The maximum Gasteiger partial charge on any atom is 0.245 e. The molecule has 1 unspecified atom stereocenters. The van der Waals surface area contributed by atoms with E-state index in [-0.39, 0.29) is 18.6 Å². The van der Waals surface area contributed by atoms with Crippen LogP contribution in [0.15, 0.2) is 17.5 Å². The third-order valence-corrected chi connectivity index (χ3v) is 4.71. The number of hydrogen-bond donors (Lipinski definition) is 2. The van der Waals surface area contributed by atoms with Crippen LogP contribution in [0.4, 0.5) is 0 Å². The monoisotopic (exact) mass is 282 g/mol. The van der Waals surface area contributed by atoms with Gasteiger partial charge in [0, 0.05) is 17.5 Å². The van der Waals surface area contributed by atoms with Gasteiger partial charge in [0.2, 0.25) is 5.91 Å². The van der Waals surface area contributed by atoms with E-state index in [1.165, 1.54) is 17.8 Å². The van der Waals surface area contributed by atoms with E-state index in [9.17, 15) is 9.90 Å². The number of nitrogens with zero attached hydrogens (tertiary/aromatic N) is 1. The highest BCUT2D eigenvalue weighted by atomic mass is 32.1. The van der Waals surface area contributed by atoms with Crippen molar-refractivity contribution in [1.82, 2.24) is 4.90 Å². The first-order valence-electron chi connectivity index (χ1n) is 6.94. The zero-order valence-electron chi connectivity index (χ0n) is 11.1. The minimum absolute atomic E-state index is 0.000595. The van der Waals surface area contributed by atoms with Gasteiger partial charge in [0.1, 0.15) is 6.04 Å². The fourth-order valence-electron chi connectivity index (χ4n) is 2.74. The Morgan fingerprint density at radius 2 is 2.21 bits per heavy atom. The second-order valence-electron chi connectivity index (χ2n) is 5.04. The highest BCUT2D eigenvalue weighted by Gasteiger charge is 2.29. The molecule has 1 aliphatic carbocycles. The van der Waals surface area contributed by atoms with Gasteiger partial charge in [-0.1, -0.05) is 25.3 Å². The van der Waals surface area contributed by atoms with Crippen molar-refractivity contribution >= 4 is 17.2 Å². The molecule has 1 heterocycles. The maximum atomic E-state index is 12.5. The molecule has 0 bridgehead atoms. The number of thiophene rings is 1.